The van der Waals surface area contributed by atoms with Crippen LogP contribution in [0.3, 0.4) is 0 Å². The first-order valence-corrected chi connectivity index (χ1v) is 10.2. The number of carbonyl (C=O) groups excluding carboxylic acids is 1. The van der Waals surface area contributed by atoms with Crippen molar-refractivity contribution in [3.8, 4) is 0 Å². The SMILES string of the molecule is Cc1[nH]c2ccccc2c1C[C@H]1C[C@@H](O)CN1Cc1ccc(/C=C/C(=O)NO)cc1. The van der Waals surface area contributed by atoms with Crippen LogP contribution in [0.4, 0.5) is 0 Å². The minimum atomic E-state index is -0.555. The van der Waals surface area contributed by atoms with E-state index in [9.17, 15) is 9.90 Å². The number of fused-ring (bicyclic) bond motifs is 1. The van der Waals surface area contributed by atoms with E-state index in [4.69, 9.17) is 5.21 Å². The molecule has 2 heterocycles. The second-order valence-electron chi connectivity index (χ2n) is 8.00. The van der Waals surface area contributed by atoms with Crippen molar-refractivity contribution < 1.29 is 15.1 Å². The standard InChI is InChI=1S/C24H27N3O3/c1-16-22(21-4-2-3-5-23(21)25-16)13-19-12-20(28)15-27(19)14-18-8-6-17(7-9-18)10-11-24(29)26-30/h2-11,19-20,25,28,30H,12-15H2,1H3,(H,26,29)/b11-10+/t19-,20-/m1/s1. The Bertz CT molecular complexity index is 1060. The molecule has 30 heavy (non-hydrogen) atoms. The van der Waals surface area contributed by atoms with Gasteiger partial charge in [-0.15, -0.1) is 0 Å². The van der Waals surface area contributed by atoms with Gasteiger partial charge in [0.15, 0.2) is 0 Å². The summed E-state index contributed by atoms with van der Waals surface area (Å²) < 4.78 is 0. The van der Waals surface area contributed by atoms with Crippen molar-refractivity contribution in [2.75, 3.05) is 6.54 Å². The fourth-order valence-corrected chi connectivity index (χ4v) is 4.37. The molecule has 0 spiro atoms. The van der Waals surface area contributed by atoms with Gasteiger partial charge >= 0.3 is 0 Å². The number of aryl methyl sites for hydroxylation is 1. The summed E-state index contributed by atoms with van der Waals surface area (Å²) in [6, 6.07) is 16.6. The van der Waals surface area contributed by atoms with E-state index in [2.05, 4.69) is 35.0 Å². The summed E-state index contributed by atoms with van der Waals surface area (Å²) in [4.78, 5) is 16.9. The molecular formula is C24H27N3O3. The minimum absolute atomic E-state index is 0.283. The van der Waals surface area contributed by atoms with Gasteiger partial charge < -0.3 is 10.1 Å². The normalized spacial score (nSPS) is 19.7. The number of hydroxylamine groups is 1. The van der Waals surface area contributed by atoms with Gasteiger partial charge in [0.05, 0.1) is 6.10 Å². The lowest BCUT2D eigenvalue weighted by atomic mass is 10.00. The van der Waals surface area contributed by atoms with Crippen molar-refractivity contribution >= 4 is 22.9 Å². The van der Waals surface area contributed by atoms with Crippen molar-refractivity contribution in [2.45, 2.75) is 38.5 Å². The number of aromatic nitrogens is 1. The fourth-order valence-electron chi connectivity index (χ4n) is 4.37. The number of benzene rings is 2. The maximum Gasteiger partial charge on any atom is 0.267 e. The molecule has 1 aliphatic heterocycles. The van der Waals surface area contributed by atoms with Crippen LogP contribution >= 0.6 is 0 Å². The number of rotatable bonds is 6. The summed E-state index contributed by atoms with van der Waals surface area (Å²) in [5.74, 6) is -0.555. The van der Waals surface area contributed by atoms with Gasteiger partial charge in [-0.2, -0.15) is 0 Å². The predicted molar refractivity (Wildman–Crippen MR) is 117 cm³/mol. The summed E-state index contributed by atoms with van der Waals surface area (Å²) in [6.07, 6.45) is 4.31. The lowest BCUT2D eigenvalue weighted by molar-refractivity contribution is -0.124. The molecule has 6 nitrogen and oxygen atoms in total. The van der Waals surface area contributed by atoms with Gasteiger partial charge in [0.1, 0.15) is 0 Å². The smallest absolute Gasteiger partial charge is 0.267 e. The van der Waals surface area contributed by atoms with Gasteiger partial charge in [0, 0.05) is 41.8 Å². The van der Waals surface area contributed by atoms with Crippen LogP contribution in [0.2, 0.25) is 0 Å². The summed E-state index contributed by atoms with van der Waals surface area (Å²) in [7, 11) is 0. The Balaban J connectivity index is 1.47. The topological polar surface area (TPSA) is 88.6 Å². The van der Waals surface area contributed by atoms with Crippen molar-refractivity contribution in [1.82, 2.24) is 15.4 Å². The molecule has 0 unspecified atom stereocenters. The summed E-state index contributed by atoms with van der Waals surface area (Å²) in [6.45, 7) is 3.56. The number of hydrogen-bond acceptors (Lipinski definition) is 4. The number of hydrogen-bond donors (Lipinski definition) is 4. The van der Waals surface area contributed by atoms with E-state index < -0.39 is 5.91 Å². The molecule has 3 aromatic rings. The Kier molecular flexibility index (Phi) is 5.99. The van der Waals surface area contributed by atoms with Crippen LogP contribution in [0.5, 0.6) is 0 Å². The lowest BCUT2D eigenvalue weighted by Crippen LogP contribution is -2.31. The molecular weight excluding hydrogens is 378 g/mol. The predicted octanol–water partition coefficient (Wildman–Crippen LogP) is 3.17. The minimum Gasteiger partial charge on any atom is -0.392 e. The quantitative estimate of drug-likeness (QED) is 0.288. The number of para-hydroxylation sites is 1. The largest absolute Gasteiger partial charge is 0.392 e. The highest BCUT2D eigenvalue weighted by atomic mass is 16.5. The number of H-pyrrole nitrogens is 1. The Morgan fingerprint density at radius 2 is 2.00 bits per heavy atom. The van der Waals surface area contributed by atoms with E-state index in [1.807, 2.05) is 30.3 Å². The molecule has 1 amide bonds. The first-order chi connectivity index (χ1) is 14.5. The van der Waals surface area contributed by atoms with E-state index in [-0.39, 0.29) is 12.1 Å². The molecule has 4 N–H and O–H groups in total. The lowest BCUT2D eigenvalue weighted by Gasteiger charge is -2.24. The number of nitrogens with zero attached hydrogens (tertiary/aromatic N) is 1. The van der Waals surface area contributed by atoms with Gasteiger partial charge in [-0.25, -0.2) is 5.48 Å². The number of aliphatic hydroxyl groups is 1. The zero-order chi connectivity index (χ0) is 21.1. The fraction of sp³-hybridized carbons (Fsp3) is 0.292. The van der Waals surface area contributed by atoms with E-state index in [1.54, 1.807) is 11.6 Å². The van der Waals surface area contributed by atoms with Crippen LogP contribution in [0.15, 0.2) is 54.6 Å². The molecule has 2 aromatic carbocycles. The molecule has 2 atom stereocenters. The number of aromatic amines is 1. The summed E-state index contributed by atoms with van der Waals surface area (Å²) >= 11 is 0. The van der Waals surface area contributed by atoms with Crippen LogP contribution in [-0.2, 0) is 17.8 Å². The van der Waals surface area contributed by atoms with Crippen molar-refractivity contribution in [3.63, 3.8) is 0 Å². The van der Waals surface area contributed by atoms with Crippen LogP contribution in [0.25, 0.3) is 17.0 Å². The molecule has 1 aliphatic rings. The maximum atomic E-state index is 11.1. The number of β-amino-alcohol motifs (C(OH)–C–C–N with tert-alkyl or cyclic N) is 1. The monoisotopic (exact) mass is 405 g/mol. The molecule has 1 saturated heterocycles. The van der Waals surface area contributed by atoms with Crippen LogP contribution < -0.4 is 5.48 Å². The molecule has 4 rings (SSSR count). The molecule has 0 radical (unpaired) electrons. The van der Waals surface area contributed by atoms with Crippen molar-refractivity contribution in [2.24, 2.45) is 0 Å². The Morgan fingerprint density at radius 1 is 1.23 bits per heavy atom. The highest BCUT2D eigenvalue weighted by Crippen LogP contribution is 2.29. The summed E-state index contributed by atoms with van der Waals surface area (Å²) in [5, 5.41) is 20.1. The van der Waals surface area contributed by atoms with Crippen LogP contribution in [0.1, 0.15) is 28.8 Å². The number of carbonyl (C=O) groups is 1. The average Bonchev–Trinajstić information content (AvgIpc) is 3.26. The van der Waals surface area contributed by atoms with Crippen LogP contribution in [-0.4, -0.2) is 44.8 Å². The Morgan fingerprint density at radius 3 is 2.77 bits per heavy atom. The summed E-state index contributed by atoms with van der Waals surface area (Å²) in [5.41, 5.74) is 7.31. The van der Waals surface area contributed by atoms with E-state index in [1.165, 1.54) is 22.7 Å². The second-order valence-corrected chi connectivity index (χ2v) is 8.00. The first-order valence-electron chi connectivity index (χ1n) is 10.2. The highest BCUT2D eigenvalue weighted by Gasteiger charge is 2.31. The number of nitrogens with one attached hydrogen (secondary N) is 2. The van der Waals surface area contributed by atoms with Crippen molar-refractivity contribution in [1.29, 1.82) is 0 Å². The third kappa shape index (κ3) is 4.46. The molecule has 1 aromatic heterocycles. The average molecular weight is 405 g/mol. The van der Waals surface area contributed by atoms with Crippen LogP contribution in [0, 0.1) is 6.92 Å². The second kappa shape index (κ2) is 8.83. The molecule has 156 valence electrons. The van der Waals surface area contributed by atoms with Gasteiger partial charge in [-0.3, -0.25) is 14.9 Å². The number of amides is 1. The Labute approximate surface area is 175 Å². The third-order valence-electron chi connectivity index (χ3n) is 5.88. The van der Waals surface area contributed by atoms with Gasteiger partial charge in [0.2, 0.25) is 0 Å². The zero-order valence-corrected chi connectivity index (χ0v) is 17.0. The third-order valence-corrected chi connectivity index (χ3v) is 5.88. The Hall–Kier alpha value is -2.93. The molecule has 1 fully saturated rings. The van der Waals surface area contributed by atoms with Gasteiger partial charge in [-0.05, 0) is 48.6 Å². The highest BCUT2D eigenvalue weighted by molar-refractivity contribution is 5.90. The van der Waals surface area contributed by atoms with Gasteiger partial charge in [0.25, 0.3) is 5.91 Å². The van der Waals surface area contributed by atoms with E-state index in [0.717, 1.165) is 36.0 Å². The molecule has 0 saturated carbocycles. The molecule has 0 bridgehead atoms. The van der Waals surface area contributed by atoms with E-state index >= 15 is 0 Å². The number of aliphatic hydroxyl groups excluding tert-OH is 1. The van der Waals surface area contributed by atoms with Crippen molar-refractivity contribution in [3.05, 3.63) is 77.0 Å². The number of likely N-dealkylation sites (tertiary alicyclic amines) is 1. The molecule has 6 heteroatoms. The molecule has 0 aliphatic carbocycles. The first kappa shape index (κ1) is 20.3. The maximum absolute atomic E-state index is 11.1. The zero-order valence-electron chi connectivity index (χ0n) is 17.0. The van der Waals surface area contributed by atoms with Gasteiger partial charge in [-0.1, -0.05) is 42.5 Å². The van der Waals surface area contributed by atoms with E-state index in [0.29, 0.717) is 6.54 Å².